The highest BCUT2D eigenvalue weighted by molar-refractivity contribution is 7.92. The molecule has 0 aromatic heterocycles. The average Bonchev–Trinajstić information content (AvgIpc) is 2.59. The van der Waals surface area contributed by atoms with Gasteiger partial charge in [-0.05, 0) is 56.2 Å². The highest BCUT2D eigenvalue weighted by Gasteiger charge is 2.21. The minimum Gasteiger partial charge on any atom is -0.492 e. The summed E-state index contributed by atoms with van der Waals surface area (Å²) in [6.07, 6.45) is 0. The van der Waals surface area contributed by atoms with Crippen LogP contribution in [0.25, 0.3) is 0 Å². The monoisotopic (exact) mass is 404 g/mol. The molecule has 150 valence electrons. The summed E-state index contributed by atoms with van der Waals surface area (Å²) in [5, 5.41) is 5.06. The molecule has 2 aromatic carbocycles. The Hall–Kier alpha value is -2.87. The summed E-state index contributed by atoms with van der Waals surface area (Å²) in [5.74, 6) is -2.55. The number of nitrogens with one attached hydrogen (secondary N) is 2. The van der Waals surface area contributed by atoms with Gasteiger partial charge >= 0.3 is 0 Å². The summed E-state index contributed by atoms with van der Waals surface area (Å²) in [7, 11) is -3.93. The minimum absolute atomic E-state index is 0.379. The number of aryl methyl sites for hydroxylation is 2. The van der Waals surface area contributed by atoms with Gasteiger partial charge in [-0.25, -0.2) is 8.42 Å². The molecule has 8 heteroatoms. The van der Waals surface area contributed by atoms with Gasteiger partial charge in [0.05, 0.1) is 12.3 Å². The number of carbonyl (C=O) groups excluding carboxylic acids is 2. The molecule has 2 aromatic rings. The van der Waals surface area contributed by atoms with E-state index in [0.29, 0.717) is 23.7 Å². The molecule has 0 spiro atoms. The van der Waals surface area contributed by atoms with Crippen LogP contribution in [0.2, 0.25) is 0 Å². The van der Waals surface area contributed by atoms with Crippen molar-refractivity contribution in [1.82, 2.24) is 0 Å². The van der Waals surface area contributed by atoms with Gasteiger partial charge in [-0.2, -0.15) is 0 Å². The first-order valence-corrected chi connectivity index (χ1v) is 10.6. The van der Waals surface area contributed by atoms with Crippen LogP contribution in [-0.4, -0.2) is 38.3 Å². The molecule has 0 saturated carbocycles. The van der Waals surface area contributed by atoms with Crippen molar-refractivity contribution in [2.75, 3.05) is 28.7 Å². The second-order valence-electron chi connectivity index (χ2n) is 6.36. The van der Waals surface area contributed by atoms with Crippen molar-refractivity contribution in [3.63, 3.8) is 0 Å². The predicted molar refractivity (Wildman–Crippen MR) is 109 cm³/mol. The van der Waals surface area contributed by atoms with Crippen LogP contribution in [0, 0.1) is 13.8 Å². The van der Waals surface area contributed by atoms with Gasteiger partial charge in [-0.3, -0.25) is 9.59 Å². The maximum Gasteiger partial charge on any atom is 0.239 e. The van der Waals surface area contributed by atoms with E-state index in [1.165, 1.54) is 0 Å². The van der Waals surface area contributed by atoms with Crippen LogP contribution < -0.4 is 15.4 Å². The van der Waals surface area contributed by atoms with Crippen LogP contribution in [-0.2, 0) is 19.4 Å². The van der Waals surface area contributed by atoms with Crippen molar-refractivity contribution in [3.8, 4) is 5.75 Å². The van der Waals surface area contributed by atoms with Crippen molar-refractivity contribution in [3.05, 3.63) is 53.6 Å². The number of sulfone groups is 1. The molecule has 0 bridgehead atoms. The van der Waals surface area contributed by atoms with Gasteiger partial charge in [0.2, 0.25) is 11.8 Å². The van der Waals surface area contributed by atoms with Gasteiger partial charge in [0.1, 0.15) is 17.3 Å². The van der Waals surface area contributed by atoms with E-state index in [2.05, 4.69) is 10.6 Å². The molecule has 0 fully saturated rings. The quantitative estimate of drug-likeness (QED) is 0.704. The first kappa shape index (κ1) is 21.4. The third-order valence-electron chi connectivity index (χ3n) is 3.95. The Kier molecular flexibility index (Phi) is 7.17. The number of anilines is 2. The molecule has 7 nitrogen and oxygen atoms in total. The summed E-state index contributed by atoms with van der Waals surface area (Å²) < 4.78 is 29.8. The molecule has 0 heterocycles. The fourth-order valence-electron chi connectivity index (χ4n) is 2.50. The first-order chi connectivity index (χ1) is 13.2. The van der Waals surface area contributed by atoms with Crippen molar-refractivity contribution in [1.29, 1.82) is 0 Å². The Morgan fingerprint density at radius 3 is 2.21 bits per heavy atom. The molecule has 0 aliphatic rings. The number of ether oxygens (including phenoxy) is 1. The molecule has 0 aliphatic carbocycles. The summed E-state index contributed by atoms with van der Waals surface area (Å²) in [6.45, 7) is 6.04. The lowest BCUT2D eigenvalue weighted by molar-refractivity contribution is -0.114. The van der Waals surface area contributed by atoms with Crippen LogP contribution in [0.15, 0.2) is 42.5 Å². The van der Waals surface area contributed by atoms with Crippen LogP contribution in [0.5, 0.6) is 5.75 Å². The summed E-state index contributed by atoms with van der Waals surface area (Å²) in [6, 6.07) is 12.0. The number of hydrogen-bond donors (Lipinski definition) is 2. The summed E-state index contributed by atoms with van der Waals surface area (Å²) in [5.41, 5.74) is 2.94. The maximum atomic E-state index is 12.2. The zero-order chi connectivity index (χ0) is 20.7. The van der Waals surface area contributed by atoms with Gasteiger partial charge in [0.15, 0.2) is 9.84 Å². The summed E-state index contributed by atoms with van der Waals surface area (Å²) in [4.78, 5) is 24.2. The maximum absolute atomic E-state index is 12.2. The minimum atomic E-state index is -3.93. The van der Waals surface area contributed by atoms with Crippen LogP contribution >= 0.6 is 0 Å². The van der Waals surface area contributed by atoms with Gasteiger partial charge in [0.25, 0.3) is 0 Å². The van der Waals surface area contributed by atoms with E-state index >= 15 is 0 Å². The lowest BCUT2D eigenvalue weighted by Crippen LogP contribution is -2.30. The molecule has 0 aliphatic heterocycles. The van der Waals surface area contributed by atoms with Crippen LogP contribution in [0.1, 0.15) is 18.1 Å². The number of hydrogen-bond acceptors (Lipinski definition) is 5. The standard InChI is InChI=1S/C20H24N2O5S/c1-4-27-18-8-6-5-7-17(18)22-20(24)13-28(25,26)12-19(23)21-16-10-9-14(2)15(3)11-16/h5-11H,4,12-13H2,1-3H3,(H,21,23)(H,22,24). The summed E-state index contributed by atoms with van der Waals surface area (Å²) >= 11 is 0. The van der Waals surface area contributed by atoms with E-state index in [4.69, 9.17) is 4.74 Å². The van der Waals surface area contributed by atoms with E-state index in [1.807, 2.05) is 19.9 Å². The Balaban J connectivity index is 1.96. The fourth-order valence-corrected chi connectivity index (χ4v) is 3.55. The van der Waals surface area contributed by atoms with E-state index in [1.54, 1.807) is 43.3 Å². The molecule has 2 amide bonds. The van der Waals surface area contributed by atoms with Crippen molar-refractivity contribution in [2.45, 2.75) is 20.8 Å². The zero-order valence-corrected chi connectivity index (χ0v) is 16.9. The Morgan fingerprint density at radius 1 is 0.929 bits per heavy atom. The van der Waals surface area contributed by atoms with E-state index in [-0.39, 0.29) is 0 Å². The molecule has 0 radical (unpaired) electrons. The first-order valence-electron chi connectivity index (χ1n) is 8.79. The van der Waals surface area contributed by atoms with Crippen molar-refractivity contribution < 1.29 is 22.7 Å². The number of benzene rings is 2. The number of para-hydroxylation sites is 2. The molecular weight excluding hydrogens is 380 g/mol. The highest BCUT2D eigenvalue weighted by Crippen LogP contribution is 2.23. The van der Waals surface area contributed by atoms with Crippen molar-refractivity contribution >= 4 is 33.0 Å². The number of amides is 2. The smallest absolute Gasteiger partial charge is 0.239 e. The van der Waals surface area contributed by atoms with E-state index < -0.39 is 33.2 Å². The number of carbonyl (C=O) groups is 2. The molecule has 2 N–H and O–H groups in total. The largest absolute Gasteiger partial charge is 0.492 e. The molecule has 0 saturated heterocycles. The lowest BCUT2D eigenvalue weighted by atomic mass is 10.1. The molecular formula is C20H24N2O5S. The van der Waals surface area contributed by atoms with Crippen molar-refractivity contribution in [2.24, 2.45) is 0 Å². The molecule has 2 rings (SSSR count). The van der Waals surface area contributed by atoms with E-state index in [0.717, 1.165) is 11.1 Å². The van der Waals surface area contributed by atoms with Gasteiger partial charge in [-0.1, -0.05) is 18.2 Å². The Bertz CT molecular complexity index is 970. The van der Waals surface area contributed by atoms with E-state index in [9.17, 15) is 18.0 Å². The average molecular weight is 404 g/mol. The Labute approximate surface area is 165 Å². The predicted octanol–water partition coefficient (Wildman–Crippen LogP) is 2.69. The topological polar surface area (TPSA) is 102 Å². The zero-order valence-electron chi connectivity index (χ0n) is 16.1. The fraction of sp³-hybridized carbons (Fsp3) is 0.300. The van der Waals surface area contributed by atoms with Gasteiger partial charge in [0, 0.05) is 5.69 Å². The molecule has 0 atom stereocenters. The number of rotatable bonds is 8. The molecule has 0 unspecified atom stereocenters. The van der Waals surface area contributed by atoms with Crippen LogP contribution in [0.3, 0.4) is 0 Å². The second-order valence-corrected chi connectivity index (χ2v) is 8.42. The Morgan fingerprint density at radius 2 is 1.57 bits per heavy atom. The van der Waals surface area contributed by atoms with Gasteiger partial charge < -0.3 is 15.4 Å². The van der Waals surface area contributed by atoms with Crippen LogP contribution in [0.4, 0.5) is 11.4 Å². The normalized spacial score (nSPS) is 11.0. The van der Waals surface area contributed by atoms with Gasteiger partial charge in [-0.15, -0.1) is 0 Å². The second kappa shape index (κ2) is 9.36. The SMILES string of the molecule is CCOc1ccccc1NC(=O)CS(=O)(=O)CC(=O)Nc1ccc(C)c(C)c1. The molecule has 28 heavy (non-hydrogen) atoms. The third kappa shape index (κ3) is 6.38. The third-order valence-corrected chi connectivity index (χ3v) is 5.36. The highest BCUT2D eigenvalue weighted by atomic mass is 32.2. The lowest BCUT2D eigenvalue weighted by Gasteiger charge is -2.11.